The normalized spacial score (nSPS) is 11.5. The van der Waals surface area contributed by atoms with Gasteiger partial charge in [-0.25, -0.2) is 14.8 Å². The van der Waals surface area contributed by atoms with E-state index in [4.69, 9.17) is 5.73 Å². The lowest BCUT2D eigenvalue weighted by atomic mass is 10.2. The molecule has 178 valence electrons. The third kappa shape index (κ3) is 5.30. The molecule has 0 unspecified atom stereocenters. The molecule has 0 saturated carbocycles. The summed E-state index contributed by atoms with van der Waals surface area (Å²) >= 11 is 2.91. The quantitative estimate of drug-likeness (QED) is 0.348. The Kier molecular flexibility index (Phi) is 7.96. The van der Waals surface area contributed by atoms with Crippen molar-refractivity contribution >= 4 is 50.7 Å². The topological polar surface area (TPSA) is 127 Å². The Morgan fingerprint density at radius 1 is 1.30 bits per heavy atom. The lowest BCUT2D eigenvalue weighted by Crippen LogP contribution is -2.42. The van der Waals surface area contributed by atoms with E-state index in [0.717, 1.165) is 32.1 Å². The number of rotatable bonds is 9. The summed E-state index contributed by atoms with van der Waals surface area (Å²) in [7, 11) is 0. The van der Waals surface area contributed by atoms with Crippen molar-refractivity contribution in [3.63, 3.8) is 0 Å². The van der Waals surface area contributed by atoms with Crippen LogP contribution in [0.25, 0.3) is 10.2 Å². The molecule has 3 rings (SSSR count). The maximum Gasteiger partial charge on any atom is 0.330 e. The van der Waals surface area contributed by atoms with Gasteiger partial charge in [-0.1, -0.05) is 39.0 Å². The van der Waals surface area contributed by atoms with E-state index in [-0.39, 0.29) is 29.1 Å². The lowest BCUT2D eigenvalue weighted by molar-refractivity contribution is -0.116. The highest BCUT2D eigenvalue weighted by Gasteiger charge is 2.25. The first-order chi connectivity index (χ1) is 15.6. The molecule has 33 heavy (non-hydrogen) atoms. The number of hydrogen-bond donors (Lipinski definition) is 2. The molecule has 3 heterocycles. The van der Waals surface area contributed by atoms with Crippen molar-refractivity contribution in [3.8, 4) is 0 Å². The maximum absolute atomic E-state index is 13.3. The molecule has 1 amide bonds. The zero-order valence-corrected chi connectivity index (χ0v) is 21.2. The molecule has 0 radical (unpaired) electrons. The van der Waals surface area contributed by atoms with Crippen LogP contribution < -0.4 is 21.9 Å². The zero-order valence-electron chi connectivity index (χ0n) is 19.6. The van der Waals surface area contributed by atoms with Crippen LogP contribution in [0, 0.1) is 19.8 Å². The van der Waals surface area contributed by atoms with Crippen LogP contribution in [0.1, 0.15) is 44.1 Å². The first kappa shape index (κ1) is 25.0. The number of unbranched alkanes of at least 4 members (excludes halogenated alkanes) is 1. The van der Waals surface area contributed by atoms with Gasteiger partial charge >= 0.3 is 5.69 Å². The average Bonchev–Trinajstić information content (AvgIpc) is 3.05. The van der Waals surface area contributed by atoms with Crippen LogP contribution in [0.15, 0.2) is 20.9 Å². The lowest BCUT2D eigenvalue weighted by Gasteiger charge is -2.24. The minimum absolute atomic E-state index is 0.0145. The number of nitrogen functional groups attached to an aromatic ring is 1. The summed E-state index contributed by atoms with van der Waals surface area (Å²) in [4.78, 5) is 52.9. The zero-order chi connectivity index (χ0) is 24.3. The number of hydrogen-bond acceptors (Lipinski definition) is 8. The summed E-state index contributed by atoms with van der Waals surface area (Å²) in [6.45, 7) is 10.6. The van der Waals surface area contributed by atoms with Gasteiger partial charge < -0.3 is 10.6 Å². The van der Waals surface area contributed by atoms with Gasteiger partial charge in [0.05, 0.1) is 5.75 Å². The van der Waals surface area contributed by atoms with Crippen molar-refractivity contribution in [3.05, 3.63) is 37.6 Å². The predicted molar refractivity (Wildman–Crippen MR) is 135 cm³/mol. The first-order valence-corrected chi connectivity index (χ1v) is 12.7. The number of amides is 1. The number of aromatic amines is 1. The van der Waals surface area contributed by atoms with Gasteiger partial charge in [0.15, 0.2) is 5.69 Å². The highest BCUT2D eigenvalue weighted by atomic mass is 32.2. The van der Waals surface area contributed by atoms with Crippen LogP contribution in [-0.2, 0) is 11.3 Å². The summed E-state index contributed by atoms with van der Waals surface area (Å²) < 4.78 is 1.33. The van der Waals surface area contributed by atoms with E-state index in [9.17, 15) is 14.4 Å². The van der Waals surface area contributed by atoms with Crippen LogP contribution in [0.5, 0.6) is 0 Å². The van der Waals surface area contributed by atoms with Crippen molar-refractivity contribution < 1.29 is 4.79 Å². The van der Waals surface area contributed by atoms with Gasteiger partial charge in [0, 0.05) is 23.4 Å². The van der Waals surface area contributed by atoms with E-state index >= 15 is 0 Å². The van der Waals surface area contributed by atoms with Crippen molar-refractivity contribution in [2.24, 2.45) is 5.92 Å². The first-order valence-electron chi connectivity index (χ1n) is 10.9. The fourth-order valence-electron chi connectivity index (χ4n) is 3.53. The molecular formula is C22H30N6O3S2. The van der Waals surface area contributed by atoms with Gasteiger partial charge in [0.1, 0.15) is 22.0 Å². The van der Waals surface area contributed by atoms with Crippen LogP contribution >= 0.6 is 23.1 Å². The number of nitrogens with zero attached hydrogens (tertiary/aromatic N) is 4. The molecule has 3 N–H and O–H groups in total. The largest absolute Gasteiger partial charge is 0.383 e. The second-order valence-electron chi connectivity index (χ2n) is 8.33. The predicted octanol–water partition coefficient (Wildman–Crippen LogP) is 3.32. The maximum atomic E-state index is 13.3. The van der Waals surface area contributed by atoms with Gasteiger partial charge in [0.2, 0.25) is 5.91 Å². The number of thioether (sulfide) groups is 1. The van der Waals surface area contributed by atoms with Crippen LogP contribution in [-0.4, -0.2) is 37.7 Å². The van der Waals surface area contributed by atoms with Crippen LogP contribution in [0.2, 0.25) is 0 Å². The monoisotopic (exact) mass is 490 g/mol. The molecule has 0 aromatic carbocycles. The number of anilines is 2. The highest BCUT2D eigenvalue weighted by molar-refractivity contribution is 8.00. The molecule has 0 aliphatic rings. The van der Waals surface area contributed by atoms with Gasteiger partial charge in [-0.3, -0.25) is 19.1 Å². The molecule has 0 aliphatic heterocycles. The minimum Gasteiger partial charge on any atom is -0.383 e. The Morgan fingerprint density at radius 3 is 2.70 bits per heavy atom. The van der Waals surface area contributed by atoms with E-state index in [0.29, 0.717) is 19.5 Å². The fourth-order valence-corrected chi connectivity index (χ4v) is 5.52. The number of thiophene rings is 1. The van der Waals surface area contributed by atoms with Crippen molar-refractivity contribution in [2.75, 3.05) is 22.9 Å². The van der Waals surface area contributed by atoms with Gasteiger partial charge in [-0.15, -0.1) is 11.3 Å². The fraction of sp³-hybridized carbons (Fsp3) is 0.500. The Bertz CT molecular complexity index is 1280. The Labute approximate surface area is 200 Å². The third-order valence-corrected chi connectivity index (χ3v) is 7.42. The summed E-state index contributed by atoms with van der Waals surface area (Å²) in [6, 6.07) is 0. The molecular weight excluding hydrogens is 460 g/mol. The van der Waals surface area contributed by atoms with E-state index in [1.165, 1.54) is 27.6 Å². The van der Waals surface area contributed by atoms with Crippen molar-refractivity contribution in [1.82, 2.24) is 19.5 Å². The molecule has 9 nitrogen and oxygen atoms in total. The Hall–Kier alpha value is -2.66. The van der Waals surface area contributed by atoms with Crippen molar-refractivity contribution in [2.45, 2.75) is 59.0 Å². The molecule has 0 atom stereocenters. The highest BCUT2D eigenvalue weighted by Crippen LogP contribution is 2.34. The molecule has 0 spiro atoms. The van der Waals surface area contributed by atoms with Gasteiger partial charge in [0.25, 0.3) is 5.56 Å². The number of nitrogens with two attached hydrogens (primary N) is 1. The number of aryl methyl sites for hydroxylation is 2. The summed E-state index contributed by atoms with van der Waals surface area (Å²) in [6.07, 6.45) is 3.03. The third-order valence-electron chi connectivity index (χ3n) is 5.33. The number of fused-ring (bicyclic) bond motifs is 1. The molecule has 3 aromatic rings. The molecule has 0 saturated heterocycles. The minimum atomic E-state index is -0.652. The smallest absolute Gasteiger partial charge is 0.330 e. The number of carbonyl (C=O) groups is 1. The number of carbonyl (C=O) groups excluding carboxylic acids is 1. The molecule has 0 aliphatic carbocycles. The van der Waals surface area contributed by atoms with E-state index in [2.05, 4.69) is 15.0 Å². The van der Waals surface area contributed by atoms with Gasteiger partial charge in [-0.05, 0) is 31.7 Å². The Morgan fingerprint density at radius 2 is 2.03 bits per heavy atom. The van der Waals surface area contributed by atoms with E-state index in [1.54, 1.807) is 11.3 Å². The van der Waals surface area contributed by atoms with E-state index < -0.39 is 11.2 Å². The number of aromatic nitrogens is 4. The standard InChI is InChI=1S/C22H30N6O3S2/c1-6-7-8-27(17-18(23)28(9-12(2)3)22(31)26-19(17)30)15(29)10-32-20-16-13(4)14(5)33-21(16)25-11-24-20/h11-12H,6-10,23H2,1-5H3,(H,26,30,31). The molecule has 0 fully saturated rings. The number of H-pyrrole nitrogens is 1. The number of nitrogens with one attached hydrogen (secondary N) is 1. The second kappa shape index (κ2) is 10.5. The summed E-state index contributed by atoms with van der Waals surface area (Å²) in [5, 5.41) is 1.69. The molecule has 3 aromatic heterocycles. The summed E-state index contributed by atoms with van der Waals surface area (Å²) in [5.74, 6) is -0.0409. The van der Waals surface area contributed by atoms with Crippen LogP contribution in [0.4, 0.5) is 11.5 Å². The van der Waals surface area contributed by atoms with Crippen molar-refractivity contribution in [1.29, 1.82) is 0 Å². The molecule has 11 heteroatoms. The van der Waals surface area contributed by atoms with Gasteiger partial charge in [-0.2, -0.15) is 0 Å². The SMILES string of the molecule is CCCCN(C(=O)CSc1ncnc2sc(C)c(C)c12)c1c(N)n(CC(C)C)c(=O)[nH]c1=O. The van der Waals surface area contributed by atoms with E-state index in [1.807, 2.05) is 34.6 Å². The second-order valence-corrected chi connectivity index (χ2v) is 10.5. The van der Waals surface area contributed by atoms with Crippen LogP contribution in [0.3, 0.4) is 0 Å². The Balaban J connectivity index is 1.95. The summed E-state index contributed by atoms with van der Waals surface area (Å²) in [5.41, 5.74) is 6.19. The average molecular weight is 491 g/mol. The molecule has 0 bridgehead atoms.